The minimum absolute atomic E-state index is 0. The molecule has 0 rings (SSSR count). The van der Waals surface area contributed by atoms with E-state index in [1.165, 1.54) is 0 Å². The first-order valence-corrected chi connectivity index (χ1v) is 2.13. The molecule has 1 atom stereocenters. The molecule has 0 aromatic rings. The van der Waals surface area contributed by atoms with Gasteiger partial charge in [0.05, 0.1) is 12.1 Å². The maximum absolute atomic E-state index is 9.58. The van der Waals surface area contributed by atoms with Crippen LogP contribution in [-0.2, 0) is 9.59 Å². The topological polar surface area (TPSA) is 100 Å². The fraction of sp³-hybridized carbons (Fsp3) is 0.500. The summed E-state index contributed by atoms with van der Waals surface area (Å²) < 4.78 is 0. The number of aliphatic hydroxyl groups is 1. The van der Waals surface area contributed by atoms with E-state index in [-0.39, 0.29) is 132 Å². The van der Waals surface area contributed by atoms with Gasteiger partial charge in [0.25, 0.3) is 0 Å². The van der Waals surface area contributed by atoms with Gasteiger partial charge in [0.1, 0.15) is 0 Å². The third-order valence-electron chi connectivity index (χ3n) is 0.632. The van der Waals surface area contributed by atoms with E-state index in [1.807, 2.05) is 0 Å². The molecule has 1 N–H and O–H groups in total. The zero-order chi connectivity index (χ0) is 7.44. The number of rotatable bonds is 3. The summed E-state index contributed by atoms with van der Waals surface area (Å²) in [6.07, 6.45) is -2.89. The Kier molecular flexibility index (Phi) is 28.8. The van der Waals surface area contributed by atoms with Crippen molar-refractivity contribution in [1.82, 2.24) is 0 Å². The number of aliphatic hydroxyl groups excluding tert-OH is 1. The summed E-state index contributed by atoms with van der Waals surface area (Å²) in [5.74, 6) is -3.43. The summed E-state index contributed by atoms with van der Waals surface area (Å²) in [6.45, 7) is 0. The summed E-state index contributed by atoms with van der Waals surface area (Å²) in [4.78, 5) is 19.1. The van der Waals surface area contributed by atoms with Gasteiger partial charge in [-0.05, 0) is 0 Å². The minimum atomic E-state index is -1.96. The van der Waals surface area contributed by atoms with E-state index in [9.17, 15) is 19.8 Å². The van der Waals surface area contributed by atoms with E-state index in [2.05, 4.69) is 0 Å². The van der Waals surface area contributed by atoms with Crippen molar-refractivity contribution >= 4 is 41.5 Å². The second-order valence-electron chi connectivity index (χ2n) is 1.41. The van der Waals surface area contributed by atoms with Crippen molar-refractivity contribution in [3.05, 3.63) is 0 Å². The Labute approximate surface area is 177 Å². The molecular formula is C4H5K2NaO5. The predicted molar refractivity (Wildman–Crippen MR) is 27.8 cm³/mol. The number of carbonyl (C=O) groups excluding carboxylic acids is 2. The number of carboxylic acids is 2. The summed E-state index contributed by atoms with van der Waals surface area (Å²) in [7, 11) is 0. The van der Waals surface area contributed by atoms with Gasteiger partial charge in [0.15, 0.2) is 0 Å². The molecule has 0 fully saturated rings. The third kappa shape index (κ3) is 15.6. The number of carboxylic acid groups (broad SMARTS) is 2. The zero-order valence-corrected chi connectivity index (χ0v) is 12.6. The first-order chi connectivity index (χ1) is 4.04. The second kappa shape index (κ2) is 14.2. The van der Waals surface area contributed by atoms with E-state index in [0.717, 1.165) is 0 Å². The molecule has 0 aliphatic carbocycles. The molecule has 0 aromatic carbocycles. The van der Waals surface area contributed by atoms with Crippen LogP contribution in [0.5, 0.6) is 0 Å². The summed E-state index contributed by atoms with van der Waals surface area (Å²) in [6, 6.07) is 0. The molecule has 8 heteroatoms. The molecule has 0 saturated carbocycles. The molecule has 0 heterocycles. The predicted octanol–water partition coefficient (Wildman–Crippen LogP) is -10.4. The summed E-state index contributed by atoms with van der Waals surface area (Å²) in [5, 5.41) is 27.3. The van der Waals surface area contributed by atoms with Crippen molar-refractivity contribution in [2.24, 2.45) is 0 Å². The standard InChI is InChI=1S/C4H6O5.2K.Na.H/c5-2(4(8)9)1-3(6)7;;;;/h2,5H,1H2,(H,6,7)(H,8,9);;;;/q;2*+1;;/p-2. The van der Waals surface area contributed by atoms with Crippen LogP contribution in [0.3, 0.4) is 0 Å². The normalized spacial score (nSPS) is 9.42. The fourth-order valence-electron chi connectivity index (χ4n) is 0.241. The monoisotopic (exact) mass is 234 g/mol. The van der Waals surface area contributed by atoms with Crippen LogP contribution in [0.25, 0.3) is 0 Å². The molecule has 5 nitrogen and oxygen atoms in total. The van der Waals surface area contributed by atoms with E-state index >= 15 is 0 Å². The van der Waals surface area contributed by atoms with Crippen molar-refractivity contribution in [1.29, 1.82) is 0 Å². The van der Waals surface area contributed by atoms with Gasteiger partial charge in [0, 0.05) is 12.4 Å². The molecule has 0 aliphatic heterocycles. The molecule has 0 spiro atoms. The molecular weight excluding hydrogens is 229 g/mol. The van der Waals surface area contributed by atoms with Gasteiger partial charge in [-0.1, -0.05) is 0 Å². The van der Waals surface area contributed by atoms with Gasteiger partial charge >= 0.3 is 132 Å². The van der Waals surface area contributed by atoms with Gasteiger partial charge in [-0.15, -0.1) is 0 Å². The number of hydrogen-bond donors (Lipinski definition) is 1. The second-order valence-corrected chi connectivity index (χ2v) is 1.41. The van der Waals surface area contributed by atoms with Gasteiger partial charge in [0.2, 0.25) is 0 Å². The van der Waals surface area contributed by atoms with E-state index in [4.69, 9.17) is 5.11 Å². The van der Waals surface area contributed by atoms with Crippen LogP contribution in [0.1, 0.15) is 6.42 Å². The first-order valence-electron chi connectivity index (χ1n) is 2.13. The Morgan fingerprint density at radius 3 is 1.67 bits per heavy atom. The average molecular weight is 234 g/mol. The van der Waals surface area contributed by atoms with Crippen molar-refractivity contribution in [3.63, 3.8) is 0 Å². The van der Waals surface area contributed by atoms with Crippen LogP contribution < -0.4 is 113 Å². The third-order valence-corrected chi connectivity index (χ3v) is 0.632. The van der Waals surface area contributed by atoms with E-state index < -0.39 is 24.5 Å². The van der Waals surface area contributed by atoms with Crippen LogP contribution in [0.15, 0.2) is 0 Å². The Bertz CT molecular complexity index is 141. The molecule has 12 heavy (non-hydrogen) atoms. The number of hydrogen-bond acceptors (Lipinski definition) is 5. The molecule has 0 bridgehead atoms. The molecule has 0 aliphatic rings. The molecule has 1 unspecified atom stereocenters. The van der Waals surface area contributed by atoms with Crippen LogP contribution in [0.4, 0.5) is 0 Å². The summed E-state index contributed by atoms with van der Waals surface area (Å²) in [5.41, 5.74) is 0. The Morgan fingerprint density at radius 2 is 1.58 bits per heavy atom. The quantitative estimate of drug-likeness (QED) is 0.489. The molecule has 0 radical (unpaired) electrons. The van der Waals surface area contributed by atoms with Crippen molar-refractivity contribution in [2.45, 2.75) is 12.5 Å². The number of aliphatic carboxylic acids is 2. The van der Waals surface area contributed by atoms with E-state index in [0.29, 0.717) is 0 Å². The van der Waals surface area contributed by atoms with Gasteiger partial charge < -0.3 is 24.9 Å². The van der Waals surface area contributed by atoms with Crippen LogP contribution in [0.2, 0.25) is 0 Å². The Hall–Kier alpha value is 3.17. The Balaban J connectivity index is -0.000000107. The SMILES string of the molecule is O=C([O-])CC(O)C(=O)[O-].[K+].[K+].[NaH]. The van der Waals surface area contributed by atoms with Crippen molar-refractivity contribution in [3.8, 4) is 0 Å². The molecule has 0 amide bonds. The van der Waals surface area contributed by atoms with Crippen molar-refractivity contribution in [2.75, 3.05) is 0 Å². The van der Waals surface area contributed by atoms with Gasteiger partial charge in [-0.25, -0.2) is 0 Å². The van der Waals surface area contributed by atoms with E-state index in [1.54, 1.807) is 0 Å². The van der Waals surface area contributed by atoms with Gasteiger partial charge in [-0.3, -0.25) is 0 Å². The van der Waals surface area contributed by atoms with Crippen LogP contribution in [-0.4, -0.2) is 52.7 Å². The zero-order valence-electron chi connectivity index (χ0n) is 6.36. The molecule has 54 valence electrons. The summed E-state index contributed by atoms with van der Waals surface area (Å²) >= 11 is 0. The maximum atomic E-state index is 9.58. The fourth-order valence-corrected chi connectivity index (χ4v) is 0.241. The number of carbonyl (C=O) groups is 2. The molecule has 0 saturated heterocycles. The average Bonchev–Trinajstić information content (AvgIpc) is 1.63. The molecule has 0 aromatic heterocycles. The Morgan fingerprint density at radius 1 is 1.25 bits per heavy atom. The first kappa shape index (κ1) is 24.4. The van der Waals surface area contributed by atoms with Gasteiger partial charge in [-0.2, -0.15) is 0 Å². The van der Waals surface area contributed by atoms with Crippen molar-refractivity contribution < 1.29 is 128 Å². The van der Waals surface area contributed by atoms with Crippen LogP contribution in [0, 0.1) is 0 Å². The van der Waals surface area contributed by atoms with Crippen LogP contribution >= 0.6 is 0 Å².